The maximum Gasteiger partial charge on any atom is 0.315 e. The Kier molecular flexibility index (Phi) is 5.56. The first-order valence-electron chi connectivity index (χ1n) is 9.66. The summed E-state index contributed by atoms with van der Waals surface area (Å²) in [7, 11) is 0. The number of hydrogen-bond donors (Lipinski definition) is 2. The number of amides is 2. The predicted molar refractivity (Wildman–Crippen MR) is 112 cm³/mol. The van der Waals surface area contributed by atoms with Crippen molar-refractivity contribution in [2.24, 2.45) is 0 Å². The summed E-state index contributed by atoms with van der Waals surface area (Å²) in [6.07, 6.45) is 5.51. The number of carbonyl (C=O) groups excluding carboxylic acids is 1. The third-order valence-electron chi connectivity index (χ3n) is 4.87. The average Bonchev–Trinajstić information content (AvgIpc) is 3.35. The number of imidazole rings is 2. The van der Waals surface area contributed by atoms with E-state index in [9.17, 15) is 4.79 Å². The summed E-state index contributed by atoms with van der Waals surface area (Å²) in [5.41, 5.74) is 4.32. The van der Waals surface area contributed by atoms with Crippen LogP contribution in [0.2, 0.25) is 0 Å². The van der Waals surface area contributed by atoms with Gasteiger partial charge in [-0.3, -0.25) is 0 Å². The van der Waals surface area contributed by atoms with Crippen molar-refractivity contribution < 1.29 is 4.79 Å². The van der Waals surface area contributed by atoms with E-state index in [1.165, 1.54) is 5.56 Å². The Morgan fingerprint density at radius 3 is 2.62 bits per heavy atom. The van der Waals surface area contributed by atoms with Crippen LogP contribution in [0, 0.1) is 6.92 Å². The van der Waals surface area contributed by atoms with Crippen LogP contribution in [-0.4, -0.2) is 31.7 Å². The van der Waals surface area contributed by atoms with Gasteiger partial charge >= 0.3 is 6.03 Å². The first-order chi connectivity index (χ1) is 14.2. The van der Waals surface area contributed by atoms with Crippen LogP contribution >= 0.6 is 0 Å². The standard InChI is InChI=1S/C22H24N6O/c1-17-26-20-4-2-3-5-21(20)28(17)13-11-24-22(29)25-14-18-6-8-19(9-7-18)15-27-12-10-23-16-27/h2-10,12,16H,11,13-15H2,1H3,(H2,24,25,29). The molecule has 2 aromatic heterocycles. The summed E-state index contributed by atoms with van der Waals surface area (Å²) in [6, 6.07) is 16.1. The predicted octanol–water partition coefficient (Wildman–Crippen LogP) is 3.09. The Morgan fingerprint density at radius 1 is 1.03 bits per heavy atom. The Morgan fingerprint density at radius 2 is 1.83 bits per heavy atom. The molecule has 0 spiro atoms. The highest BCUT2D eigenvalue weighted by atomic mass is 16.2. The van der Waals surface area contributed by atoms with E-state index in [-0.39, 0.29) is 6.03 Å². The van der Waals surface area contributed by atoms with Crippen LogP contribution < -0.4 is 10.6 Å². The molecule has 7 nitrogen and oxygen atoms in total. The van der Waals surface area contributed by atoms with E-state index in [0.717, 1.165) is 29.0 Å². The van der Waals surface area contributed by atoms with Gasteiger partial charge in [-0.1, -0.05) is 36.4 Å². The molecule has 0 radical (unpaired) electrons. The molecule has 4 aromatic rings. The van der Waals surface area contributed by atoms with E-state index in [2.05, 4.69) is 37.3 Å². The number of nitrogens with zero attached hydrogens (tertiary/aromatic N) is 4. The largest absolute Gasteiger partial charge is 0.336 e. The second-order valence-electron chi connectivity index (χ2n) is 6.96. The van der Waals surface area contributed by atoms with Gasteiger partial charge in [-0.25, -0.2) is 14.8 Å². The second-order valence-corrected chi connectivity index (χ2v) is 6.96. The molecule has 0 fully saturated rings. The highest BCUT2D eigenvalue weighted by Crippen LogP contribution is 2.14. The van der Waals surface area contributed by atoms with Gasteiger partial charge in [-0.05, 0) is 30.2 Å². The summed E-state index contributed by atoms with van der Waals surface area (Å²) in [5.74, 6) is 0.948. The lowest BCUT2D eigenvalue weighted by molar-refractivity contribution is 0.240. The molecule has 2 heterocycles. The molecule has 2 aromatic carbocycles. The van der Waals surface area contributed by atoms with Crippen molar-refractivity contribution in [3.05, 3.63) is 84.2 Å². The van der Waals surface area contributed by atoms with Crippen LogP contribution in [0.4, 0.5) is 4.79 Å². The molecule has 29 heavy (non-hydrogen) atoms. The fourth-order valence-electron chi connectivity index (χ4n) is 3.36. The molecule has 7 heteroatoms. The van der Waals surface area contributed by atoms with Gasteiger partial charge in [0.25, 0.3) is 0 Å². The molecule has 2 N–H and O–H groups in total. The zero-order chi connectivity index (χ0) is 20.1. The Labute approximate surface area is 169 Å². The van der Waals surface area contributed by atoms with Crippen molar-refractivity contribution in [3.63, 3.8) is 0 Å². The summed E-state index contributed by atoms with van der Waals surface area (Å²) in [4.78, 5) is 20.7. The highest BCUT2D eigenvalue weighted by Gasteiger charge is 2.07. The number of aryl methyl sites for hydroxylation is 1. The quantitative estimate of drug-likeness (QED) is 0.511. The van der Waals surface area contributed by atoms with Crippen molar-refractivity contribution in [2.75, 3.05) is 6.54 Å². The maximum absolute atomic E-state index is 12.1. The van der Waals surface area contributed by atoms with E-state index < -0.39 is 0 Å². The smallest absolute Gasteiger partial charge is 0.315 e. The molecule has 2 amide bonds. The van der Waals surface area contributed by atoms with Crippen molar-refractivity contribution >= 4 is 17.1 Å². The molecule has 0 aliphatic heterocycles. The van der Waals surface area contributed by atoms with E-state index in [1.54, 1.807) is 12.5 Å². The average molecular weight is 388 g/mol. The van der Waals surface area contributed by atoms with Gasteiger partial charge in [0.2, 0.25) is 0 Å². The number of fused-ring (bicyclic) bond motifs is 1. The summed E-state index contributed by atoms with van der Waals surface area (Å²) in [6.45, 7) is 4.48. The number of urea groups is 1. The van der Waals surface area contributed by atoms with E-state index in [0.29, 0.717) is 19.6 Å². The zero-order valence-corrected chi connectivity index (χ0v) is 16.4. The molecule has 4 rings (SSSR count). The monoisotopic (exact) mass is 388 g/mol. The second kappa shape index (κ2) is 8.60. The Bertz CT molecular complexity index is 1080. The fraction of sp³-hybridized carbons (Fsp3) is 0.227. The molecule has 0 saturated heterocycles. The van der Waals surface area contributed by atoms with Gasteiger partial charge in [0, 0.05) is 38.6 Å². The Hall–Kier alpha value is -3.61. The topological polar surface area (TPSA) is 76.8 Å². The first kappa shape index (κ1) is 18.7. The summed E-state index contributed by atoms with van der Waals surface area (Å²) >= 11 is 0. The van der Waals surface area contributed by atoms with Crippen molar-refractivity contribution in [1.82, 2.24) is 29.7 Å². The van der Waals surface area contributed by atoms with E-state index in [1.807, 2.05) is 54.1 Å². The van der Waals surface area contributed by atoms with Gasteiger partial charge in [0.1, 0.15) is 5.82 Å². The highest BCUT2D eigenvalue weighted by molar-refractivity contribution is 5.76. The summed E-state index contributed by atoms with van der Waals surface area (Å²) in [5, 5.41) is 5.82. The number of benzene rings is 2. The molecule has 0 unspecified atom stereocenters. The van der Waals surface area contributed by atoms with Gasteiger partial charge in [0.05, 0.1) is 17.4 Å². The number of aromatic nitrogens is 4. The van der Waals surface area contributed by atoms with Crippen LogP contribution in [0.15, 0.2) is 67.3 Å². The number of hydrogen-bond acceptors (Lipinski definition) is 3. The van der Waals surface area contributed by atoms with Crippen LogP contribution in [0.5, 0.6) is 0 Å². The number of para-hydroxylation sites is 2. The number of carbonyl (C=O) groups is 1. The van der Waals surface area contributed by atoms with E-state index >= 15 is 0 Å². The molecule has 0 aliphatic rings. The molecular formula is C22H24N6O. The van der Waals surface area contributed by atoms with Crippen molar-refractivity contribution in [2.45, 2.75) is 26.6 Å². The first-order valence-corrected chi connectivity index (χ1v) is 9.66. The fourth-order valence-corrected chi connectivity index (χ4v) is 3.36. The SMILES string of the molecule is Cc1nc2ccccc2n1CCNC(=O)NCc1ccc(Cn2ccnc2)cc1. The van der Waals surface area contributed by atoms with Crippen molar-refractivity contribution in [3.8, 4) is 0 Å². The van der Waals surface area contributed by atoms with Gasteiger partial charge in [-0.2, -0.15) is 0 Å². The third-order valence-corrected chi connectivity index (χ3v) is 4.87. The minimum Gasteiger partial charge on any atom is -0.336 e. The minimum atomic E-state index is -0.172. The molecule has 0 aliphatic carbocycles. The van der Waals surface area contributed by atoms with Crippen LogP contribution in [0.1, 0.15) is 17.0 Å². The summed E-state index contributed by atoms with van der Waals surface area (Å²) < 4.78 is 4.14. The van der Waals surface area contributed by atoms with Crippen LogP contribution in [0.25, 0.3) is 11.0 Å². The van der Waals surface area contributed by atoms with Gasteiger partial charge < -0.3 is 19.8 Å². The number of nitrogens with one attached hydrogen (secondary N) is 2. The molecule has 148 valence electrons. The molecule has 0 saturated carbocycles. The van der Waals surface area contributed by atoms with Crippen LogP contribution in [-0.2, 0) is 19.6 Å². The normalized spacial score (nSPS) is 10.9. The molecule has 0 atom stereocenters. The van der Waals surface area contributed by atoms with Gasteiger partial charge in [-0.15, -0.1) is 0 Å². The molecular weight excluding hydrogens is 364 g/mol. The Balaban J connectivity index is 1.23. The zero-order valence-electron chi connectivity index (χ0n) is 16.4. The lowest BCUT2D eigenvalue weighted by Crippen LogP contribution is -2.36. The van der Waals surface area contributed by atoms with Crippen LogP contribution in [0.3, 0.4) is 0 Å². The lowest BCUT2D eigenvalue weighted by Gasteiger charge is -2.10. The maximum atomic E-state index is 12.1. The third kappa shape index (κ3) is 4.63. The minimum absolute atomic E-state index is 0.172. The lowest BCUT2D eigenvalue weighted by atomic mass is 10.1. The van der Waals surface area contributed by atoms with E-state index in [4.69, 9.17) is 0 Å². The van der Waals surface area contributed by atoms with Crippen molar-refractivity contribution in [1.29, 1.82) is 0 Å². The molecule has 0 bridgehead atoms. The van der Waals surface area contributed by atoms with Gasteiger partial charge in [0.15, 0.2) is 0 Å². The number of rotatable bonds is 7.